The SMILES string of the molecule is CC(C)n1cc(-c2ccc3[nH]cc(NC(=O)C(=O)NCc4ccc(C(F)(F)F)c(Cl)c4)c3c2)cn1. The second kappa shape index (κ2) is 9.46. The van der Waals surface area contributed by atoms with Gasteiger partial charge in [-0.05, 0) is 49.2 Å². The van der Waals surface area contributed by atoms with E-state index in [-0.39, 0.29) is 12.6 Å². The van der Waals surface area contributed by atoms with Crippen molar-refractivity contribution in [3.05, 3.63) is 71.1 Å². The molecule has 0 atom stereocenters. The summed E-state index contributed by atoms with van der Waals surface area (Å²) in [6.45, 7) is 3.88. The summed E-state index contributed by atoms with van der Waals surface area (Å²) in [6, 6.07) is 9.01. The number of halogens is 4. The van der Waals surface area contributed by atoms with Crippen LogP contribution < -0.4 is 10.6 Å². The van der Waals surface area contributed by atoms with Crippen molar-refractivity contribution in [1.29, 1.82) is 0 Å². The van der Waals surface area contributed by atoms with Crippen molar-refractivity contribution in [1.82, 2.24) is 20.1 Å². The molecule has 2 aromatic heterocycles. The first-order valence-electron chi connectivity index (χ1n) is 10.6. The summed E-state index contributed by atoms with van der Waals surface area (Å²) >= 11 is 5.70. The third kappa shape index (κ3) is 5.32. The molecule has 35 heavy (non-hydrogen) atoms. The number of hydrogen-bond donors (Lipinski definition) is 3. The average molecular weight is 504 g/mol. The van der Waals surface area contributed by atoms with Gasteiger partial charge in [-0.3, -0.25) is 14.3 Å². The monoisotopic (exact) mass is 503 g/mol. The van der Waals surface area contributed by atoms with Crippen LogP contribution in [0.15, 0.2) is 55.0 Å². The molecule has 0 aliphatic carbocycles. The lowest BCUT2D eigenvalue weighted by Crippen LogP contribution is -2.34. The lowest BCUT2D eigenvalue weighted by molar-refractivity contribution is -0.137. The molecule has 11 heteroatoms. The van der Waals surface area contributed by atoms with Gasteiger partial charge >= 0.3 is 18.0 Å². The molecular weight excluding hydrogens is 483 g/mol. The highest BCUT2D eigenvalue weighted by molar-refractivity contribution is 6.40. The minimum absolute atomic E-state index is 0.165. The molecule has 0 aliphatic rings. The molecule has 182 valence electrons. The Hall–Kier alpha value is -3.79. The zero-order chi connectivity index (χ0) is 25.3. The molecule has 0 unspecified atom stereocenters. The maximum absolute atomic E-state index is 12.8. The molecule has 0 saturated carbocycles. The number of nitrogens with zero attached hydrogens (tertiary/aromatic N) is 2. The number of benzene rings is 2. The quantitative estimate of drug-likeness (QED) is 0.312. The van der Waals surface area contributed by atoms with E-state index in [1.54, 1.807) is 12.4 Å². The number of aromatic nitrogens is 3. The summed E-state index contributed by atoms with van der Waals surface area (Å²) in [4.78, 5) is 27.8. The number of fused-ring (bicyclic) bond motifs is 1. The van der Waals surface area contributed by atoms with Gasteiger partial charge in [-0.15, -0.1) is 0 Å². The van der Waals surface area contributed by atoms with Crippen molar-refractivity contribution in [3.63, 3.8) is 0 Å². The fraction of sp³-hybridized carbons (Fsp3) is 0.208. The van der Waals surface area contributed by atoms with Gasteiger partial charge in [0.25, 0.3) is 0 Å². The normalized spacial score (nSPS) is 11.7. The van der Waals surface area contributed by atoms with Crippen LogP contribution in [0.3, 0.4) is 0 Å². The third-order valence-electron chi connectivity index (χ3n) is 5.39. The van der Waals surface area contributed by atoms with Gasteiger partial charge in [-0.25, -0.2) is 0 Å². The van der Waals surface area contributed by atoms with Crippen LogP contribution in [0.25, 0.3) is 22.0 Å². The summed E-state index contributed by atoms with van der Waals surface area (Å²) in [7, 11) is 0. The van der Waals surface area contributed by atoms with E-state index in [9.17, 15) is 22.8 Å². The number of amides is 2. The molecule has 4 aromatic rings. The maximum atomic E-state index is 12.8. The number of nitrogens with one attached hydrogen (secondary N) is 3. The largest absolute Gasteiger partial charge is 0.417 e. The Morgan fingerprint density at radius 1 is 1.11 bits per heavy atom. The number of alkyl halides is 3. The van der Waals surface area contributed by atoms with E-state index >= 15 is 0 Å². The Morgan fingerprint density at radius 3 is 2.54 bits per heavy atom. The minimum Gasteiger partial charge on any atom is -0.359 e. The molecule has 0 radical (unpaired) electrons. The van der Waals surface area contributed by atoms with E-state index in [2.05, 4.69) is 20.7 Å². The van der Waals surface area contributed by atoms with Gasteiger partial charge < -0.3 is 15.6 Å². The van der Waals surface area contributed by atoms with Crippen LogP contribution in [0.2, 0.25) is 5.02 Å². The van der Waals surface area contributed by atoms with Crippen LogP contribution in [0, 0.1) is 0 Å². The van der Waals surface area contributed by atoms with Crippen molar-refractivity contribution in [2.24, 2.45) is 0 Å². The molecule has 2 aromatic carbocycles. The molecular formula is C24H21ClF3N5O2. The number of hydrogen-bond acceptors (Lipinski definition) is 3. The highest BCUT2D eigenvalue weighted by atomic mass is 35.5. The molecule has 3 N–H and O–H groups in total. The summed E-state index contributed by atoms with van der Waals surface area (Å²) in [6.07, 6.45) is 0.685. The predicted molar refractivity (Wildman–Crippen MR) is 127 cm³/mol. The first kappa shape index (κ1) is 24.3. The average Bonchev–Trinajstić information content (AvgIpc) is 3.44. The number of aromatic amines is 1. The van der Waals surface area contributed by atoms with Crippen molar-refractivity contribution >= 4 is 40.0 Å². The number of H-pyrrole nitrogens is 1. The highest BCUT2D eigenvalue weighted by Crippen LogP contribution is 2.35. The lowest BCUT2D eigenvalue weighted by Gasteiger charge is -2.11. The molecule has 0 bridgehead atoms. The lowest BCUT2D eigenvalue weighted by atomic mass is 10.1. The topological polar surface area (TPSA) is 91.8 Å². The smallest absolute Gasteiger partial charge is 0.359 e. The van der Waals surface area contributed by atoms with Gasteiger partial charge in [0.2, 0.25) is 0 Å². The number of rotatable bonds is 5. The molecule has 7 nitrogen and oxygen atoms in total. The number of carbonyl (C=O) groups excluding carboxylic acids is 2. The van der Waals surface area contributed by atoms with Gasteiger partial charge in [0.1, 0.15) is 0 Å². The molecule has 0 saturated heterocycles. The van der Waals surface area contributed by atoms with Gasteiger partial charge in [0.05, 0.1) is 22.5 Å². The van der Waals surface area contributed by atoms with E-state index in [0.29, 0.717) is 16.6 Å². The van der Waals surface area contributed by atoms with Crippen LogP contribution in [-0.2, 0) is 22.3 Å². The van der Waals surface area contributed by atoms with Crippen molar-refractivity contribution < 1.29 is 22.8 Å². The molecule has 0 fully saturated rings. The maximum Gasteiger partial charge on any atom is 0.417 e. The Balaban J connectivity index is 1.44. The van der Waals surface area contributed by atoms with E-state index in [1.165, 1.54) is 6.07 Å². The van der Waals surface area contributed by atoms with Crippen molar-refractivity contribution in [3.8, 4) is 11.1 Å². The second-order valence-corrected chi connectivity index (χ2v) is 8.62. The van der Waals surface area contributed by atoms with E-state index in [1.807, 2.05) is 42.9 Å². The molecule has 4 rings (SSSR count). The van der Waals surface area contributed by atoms with Gasteiger partial charge in [-0.2, -0.15) is 18.3 Å². The predicted octanol–water partition coefficient (Wildman–Crippen LogP) is 5.54. The summed E-state index contributed by atoms with van der Waals surface area (Å²) in [5, 5.41) is 9.51. The fourth-order valence-corrected chi connectivity index (χ4v) is 3.82. The molecule has 2 heterocycles. The summed E-state index contributed by atoms with van der Waals surface area (Å²) in [5.41, 5.74) is 2.33. The Bertz CT molecular complexity index is 1410. The van der Waals surface area contributed by atoms with Crippen molar-refractivity contribution in [2.45, 2.75) is 32.6 Å². The molecule has 0 spiro atoms. The van der Waals surface area contributed by atoms with Crippen LogP contribution in [0.4, 0.5) is 18.9 Å². The standard InChI is InChI=1S/C24H21ClF3N5O2/c1-13(2)33-12-16(10-31-33)15-4-6-20-17(8-15)21(11-29-20)32-23(35)22(34)30-9-14-3-5-18(19(25)7-14)24(26,27)28/h3-8,10-13,29H,9H2,1-2H3,(H,30,34)(H,32,35). The second-order valence-electron chi connectivity index (χ2n) is 8.21. The Kier molecular flexibility index (Phi) is 6.58. The summed E-state index contributed by atoms with van der Waals surface area (Å²) in [5.74, 6) is -1.85. The van der Waals surface area contributed by atoms with Crippen LogP contribution in [0.1, 0.15) is 31.0 Å². The molecule has 0 aliphatic heterocycles. The van der Waals surface area contributed by atoms with Crippen molar-refractivity contribution in [2.75, 3.05) is 5.32 Å². The Morgan fingerprint density at radius 2 is 1.89 bits per heavy atom. The van der Waals surface area contributed by atoms with Gasteiger partial charge in [0, 0.05) is 41.4 Å². The first-order valence-corrected chi connectivity index (χ1v) is 11.0. The highest BCUT2D eigenvalue weighted by Gasteiger charge is 2.33. The Labute approximate surface area is 203 Å². The zero-order valence-corrected chi connectivity index (χ0v) is 19.5. The van der Waals surface area contributed by atoms with Crippen LogP contribution >= 0.6 is 11.6 Å². The number of anilines is 1. The minimum atomic E-state index is -4.58. The van der Waals surface area contributed by atoms with Gasteiger partial charge in [-0.1, -0.05) is 23.7 Å². The van der Waals surface area contributed by atoms with E-state index < -0.39 is 28.6 Å². The van der Waals surface area contributed by atoms with Crippen LogP contribution in [0.5, 0.6) is 0 Å². The summed E-state index contributed by atoms with van der Waals surface area (Å²) < 4.78 is 40.3. The zero-order valence-electron chi connectivity index (χ0n) is 18.7. The van der Waals surface area contributed by atoms with E-state index in [0.717, 1.165) is 28.8 Å². The van der Waals surface area contributed by atoms with E-state index in [4.69, 9.17) is 11.6 Å². The number of carbonyl (C=O) groups is 2. The van der Waals surface area contributed by atoms with Gasteiger partial charge in [0.15, 0.2) is 0 Å². The van der Waals surface area contributed by atoms with Crippen LogP contribution in [-0.4, -0.2) is 26.6 Å². The first-order chi connectivity index (χ1) is 16.5. The third-order valence-corrected chi connectivity index (χ3v) is 5.70. The fourth-order valence-electron chi connectivity index (χ4n) is 3.51. The molecule has 2 amide bonds.